The van der Waals surface area contributed by atoms with Crippen LogP contribution in [0.3, 0.4) is 0 Å². The van der Waals surface area contributed by atoms with E-state index in [4.69, 9.17) is 14.2 Å². The molecule has 0 spiro atoms. The molecule has 8 nitrogen and oxygen atoms in total. The number of ketones is 1. The minimum Gasteiger partial charge on any atom is -0.493 e. The van der Waals surface area contributed by atoms with Crippen LogP contribution in [0.5, 0.6) is 11.5 Å². The number of nitrogens with zero attached hydrogens (tertiary/aromatic N) is 1. The van der Waals surface area contributed by atoms with E-state index in [1.807, 2.05) is 19.9 Å². The van der Waals surface area contributed by atoms with Crippen molar-refractivity contribution < 1.29 is 32.2 Å². The van der Waals surface area contributed by atoms with E-state index >= 15 is 0 Å². The quantitative estimate of drug-likeness (QED) is 0.362. The van der Waals surface area contributed by atoms with E-state index in [1.165, 1.54) is 11.4 Å². The number of sulfonamides is 1. The van der Waals surface area contributed by atoms with Gasteiger partial charge in [-0.1, -0.05) is 41.0 Å². The molecule has 0 N–H and O–H groups in total. The maximum Gasteiger partial charge on any atom is 0.332 e. The average molecular weight is 604 g/mol. The summed E-state index contributed by atoms with van der Waals surface area (Å²) >= 11 is 0. The van der Waals surface area contributed by atoms with E-state index in [-0.39, 0.29) is 36.0 Å². The maximum atomic E-state index is 14.6. The Morgan fingerprint density at radius 2 is 1.74 bits per heavy atom. The van der Waals surface area contributed by atoms with Gasteiger partial charge in [0.25, 0.3) is 0 Å². The van der Waals surface area contributed by atoms with E-state index in [9.17, 15) is 18.0 Å². The highest BCUT2D eigenvalue weighted by atomic mass is 32.2. The first-order valence-corrected chi connectivity index (χ1v) is 17.2. The highest BCUT2D eigenvalue weighted by Crippen LogP contribution is 2.64. The zero-order chi connectivity index (χ0) is 30.8. The second-order valence-electron chi connectivity index (χ2n) is 14.5. The van der Waals surface area contributed by atoms with E-state index in [0.29, 0.717) is 48.2 Å². The van der Waals surface area contributed by atoms with Gasteiger partial charge in [0.05, 0.1) is 20.0 Å². The molecular formula is C33H49NO7S. The van der Waals surface area contributed by atoms with Gasteiger partial charge in [0.15, 0.2) is 17.0 Å². The van der Waals surface area contributed by atoms with Crippen LogP contribution in [0.2, 0.25) is 0 Å². The molecule has 2 bridgehead atoms. The summed E-state index contributed by atoms with van der Waals surface area (Å²) in [6, 6.07) is 3.57. The number of Topliss-reactive ketones (excluding diaryl/α,β-unsaturated/α-hetero) is 1. The average Bonchev–Trinajstić information content (AvgIpc) is 3.26. The first kappa shape index (κ1) is 31.3. The molecule has 1 heterocycles. The Balaban J connectivity index is 1.59. The molecule has 0 aromatic heterocycles. The van der Waals surface area contributed by atoms with Crippen molar-refractivity contribution in [1.29, 1.82) is 0 Å². The van der Waals surface area contributed by atoms with Gasteiger partial charge in [0.2, 0.25) is 10.0 Å². The molecule has 3 aliphatic carbocycles. The highest BCUT2D eigenvalue weighted by Gasteiger charge is 2.66. The number of esters is 1. The smallest absolute Gasteiger partial charge is 0.332 e. The topological polar surface area (TPSA) is 99.2 Å². The number of carbonyl (C=O) groups is 2. The molecule has 0 amide bonds. The van der Waals surface area contributed by atoms with Gasteiger partial charge in [-0.3, -0.25) is 4.79 Å². The summed E-state index contributed by atoms with van der Waals surface area (Å²) in [7, 11) is -1.00. The summed E-state index contributed by atoms with van der Waals surface area (Å²) in [6.07, 6.45) is 4.76. The summed E-state index contributed by atoms with van der Waals surface area (Å²) in [5.41, 5.74) is -1.62. The van der Waals surface area contributed by atoms with Crippen molar-refractivity contribution in [3.8, 4) is 11.5 Å². The molecule has 6 atom stereocenters. The first-order chi connectivity index (χ1) is 19.6. The summed E-state index contributed by atoms with van der Waals surface area (Å²) < 4.78 is 48.1. The van der Waals surface area contributed by atoms with Crippen LogP contribution in [-0.4, -0.2) is 57.1 Å². The van der Waals surface area contributed by atoms with Gasteiger partial charge in [-0.25, -0.2) is 13.2 Å². The zero-order valence-corrected chi connectivity index (χ0v) is 27.4. The SMILES string of the molecule is COc1cc2c(cc1OC)[C@@](C)(C(=O)O[C@H]1C[C@@H](C)CC[C@@H]1C(C)C)N(S(=O)(=O)C[C@]13CC[C@@H](CC1=O)C3(C)C)CC2. The van der Waals surface area contributed by atoms with Gasteiger partial charge < -0.3 is 14.2 Å². The Morgan fingerprint density at radius 3 is 2.31 bits per heavy atom. The standard InChI is InChI=1S/C33H49NO7S/c1-20(2)24-10-9-21(3)15-26(24)41-30(36)32(6)25-18-28(40-8)27(39-7)16-22(25)12-14-34(32)42(37,38)19-33-13-11-23(17-29(33)35)31(33,4)5/h16,18,20-21,23-24,26H,9-15,17,19H2,1-8H3/t21-,23-,24+,26-,32-,33+/m0/s1. The molecule has 1 aromatic rings. The van der Waals surface area contributed by atoms with E-state index < -0.39 is 32.4 Å². The van der Waals surface area contributed by atoms with Crippen LogP contribution in [0.1, 0.15) is 91.2 Å². The van der Waals surface area contributed by atoms with Crippen molar-refractivity contribution in [1.82, 2.24) is 4.31 Å². The zero-order valence-electron chi connectivity index (χ0n) is 26.6. The lowest BCUT2D eigenvalue weighted by Crippen LogP contribution is -2.59. The van der Waals surface area contributed by atoms with Crippen LogP contribution in [0.25, 0.3) is 0 Å². The Bertz CT molecular complexity index is 1350. The fourth-order valence-corrected chi connectivity index (χ4v) is 11.3. The molecule has 0 unspecified atom stereocenters. The van der Waals surface area contributed by atoms with Gasteiger partial charge in [-0.05, 0) is 91.4 Å². The largest absolute Gasteiger partial charge is 0.493 e. The van der Waals surface area contributed by atoms with Gasteiger partial charge in [-0.2, -0.15) is 4.31 Å². The minimum atomic E-state index is -4.09. The molecule has 234 valence electrons. The lowest BCUT2D eigenvalue weighted by Gasteiger charge is -2.46. The van der Waals surface area contributed by atoms with Gasteiger partial charge >= 0.3 is 5.97 Å². The number of carbonyl (C=O) groups excluding carboxylic acids is 2. The fraction of sp³-hybridized carbons (Fsp3) is 0.758. The predicted octanol–water partition coefficient (Wildman–Crippen LogP) is 5.51. The molecule has 3 fully saturated rings. The number of fused-ring (bicyclic) bond motifs is 3. The molecule has 9 heteroatoms. The monoisotopic (exact) mass is 603 g/mol. The van der Waals surface area contributed by atoms with Crippen LogP contribution in [0.4, 0.5) is 0 Å². The van der Waals surface area contributed by atoms with Crippen molar-refractivity contribution in [3.05, 3.63) is 23.3 Å². The third-order valence-electron chi connectivity index (χ3n) is 11.7. The Morgan fingerprint density at radius 1 is 1.07 bits per heavy atom. The molecular weight excluding hydrogens is 554 g/mol. The molecule has 3 saturated carbocycles. The molecule has 5 rings (SSSR count). The first-order valence-electron chi connectivity index (χ1n) is 15.6. The molecule has 0 radical (unpaired) electrons. The van der Waals surface area contributed by atoms with Crippen LogP contribution in [0.15, 0.2) is 12.1 Å². The second kappa shape index (κ2) is 10.8. The summed E-state index contributed by atoms with van der Waals surface area (Å²) in [5, 5.41) is 0. The number of methoxy groups -OCH3 is 2. The highest BCUT2D eigenvalue weighted by molar-refractivity contribution is 7.89. The Kier molecular flexibility index (Phi) is 8.04. The van der Waals surface area contributed by atoms with Crippen molar-refractivity contribution in [2.45, 2.75) is 98.1 Å². The van der Waals surface area contributed by atoms with Gasteiger partial charge in [-0.15, -0.1) is 0 Å². The van der Waals surface area contributed by atoms with E-state index in [1.54, 1.807) is 20.1 Å². The number of hydrogen-bond donors (Lipinski definition) is 0. The predicted molar refractivity (Wildman–Crippen MR) is 161 cm³/mol. The molecule has 0 saturated heterocycles. The van der Waals surface area contributed by atoms with Crippen molar-refractivity contribution in [2.75, 3.05) is 26.5 Å². The van der Waals surface area contributed by atoms with Crippen molar-refractivity contribution >= 4 is 21.8 Å². The molecule has 4 aliphatic rings. The Hall–Kier alpha value is -2.13. The van der Waals surface area contributed by atoms with Gasteiger partial charge in [0.1, 0.15) is 11.9 Å². The van der Waals surface area contributed by atoms with Gasteiger partial charge in [0, 0.05) is 18.4 Å². The normalized spacial score (nSPS) is 34.4. The number of benzene rings is 1. The summed E-state index contributed by atoms with van der Waals surface area (Å²) in [5.74, 6) is 1.27. The number of ether oxygens (including phenoxy) is 3. The third kappa shape index (κ3) is 4.68. The van der Waals surface area contributed by atoms with Crippen LogP contribution >= 0.6 is 0 Å². The van der Waals surface area contributed by atoms with E-state index in [0.717, 1.165) is 31.2 Å². The Labute approximate surface area is 251 Å². The third-order valence-corrected chi connectivity index (χ3v) is 13.8. The maximum absolute atomic E-state index is 14.6. The van der Waals surface area contributed by atoms with E-state index in [2.05, 4.69) is 20.8 Å². The minimum absolute atomic E-state index is 0.0383. The summed E-state index contributed by atoms with van der Waals surface area (Å²) in [4.78, 5) is 27.9. The fourth-order valence-electron chi connectivity index (χ4n) is 8.79. The summed E-state index contributed by atoms with van der Waals surface area (Å²) in [6.45, 7) is 12.3. The lowest BCUT2D eigenvalue weighted by atomic mass is 9.70. The molecule has 42 heavy (non-hydrogen) atoms. The van der Waals surface area contributed by atoms with Crippen LogP contribution < -0.4 is 9.47 Å². The number of rotatable bonds is 8. The number of hydrogen-bond acceptors (Lipinski definition) is 7. The molecule has 1 aliphatic heterocycles. The molecule has 1 aromatic carbocycles. The van der Waals surface area contributed by atoms with Crippen LogP contribution in [0, 0.1) is 34.5 Å². The van der Waals surface area contributed by atoms with Crippen LogP contribution in [-0.2, 0) is 36.3 Å². The lowest BCUT2D eigenvalue weighted by molar-refractivity contribution is -0.168. The van der Waals surface area contributed by atoms with Crippen molar-refractivity contribution in [2.24, 2.45) is 34.5 Å². The van der Waals surface area contributed by atoms with Crippen molar-refractivity contribution in [3.63, 3.8) is 0 Å². The second-order valence-corrected chi connectivity index (χ2v) is 16.3.